The predicted molar refractivity (Wildman–Crippen MR) is 40.0 cm³/mol. The fourth-order valence-corrected chi connectivity index (χ4v) is 0.728. The third-order valence-corrected chi connectivity index (χ3v) is 1.24. The first-order chi connectivity index (χ1) is 4.74. The van der Waals surface area contributed by atoms with Crippen LogP contribution in [0.5, 0.6) is 0 Å². The predicted octanol–water partition coefficient (Wildman–Crippen LogP) is 1.01. The molecule has 3 heteroatoms. The minimum atomic E-state index is -0.285. The maximum absolute atomic E-state index is 10.7. The molecule has 0 saturated heterocycles. The number of aromatic amines is 1. The molecule has 1 aromatic heterocycles. The van der Waals surface area contributed by atoms with Crippen LogP contribution in [0.4, 0.5) is 0 Å². The van der Waals surface area contributed by atoms with E-state index in [0.717, 1.165) is 0 Å². The lowest BCUT2D eigenvalue weighted by atomic mass is 10.3. The van der Waals surface area contributed by atoms with Crippen molar-refractivity contribution in [2.75, 3.05) is 0 Å². The molecule has 0 aliphatic heterocycles. The summed E-state index contributed by atoms with van der Waals surface area (Å²) in [5.74, 6) is 2.21. The average molecular weight is 154 g/mol. The highest BCUT2D eigenvalue weighted by Gasteiger charge is 1.94. The number of nitrogens with one attached hydrogen (secondary N) is 1. The van der Waals surface area contributed by atoms with Crippen molar-refractivity contribution in [2.45, 2.75) is 0 Å². The Labute approximate surface area is 62.8 Å². The van der Waals surface area contributed by atoms with E-state index in [1.54, 1.807) is 0 Å². The Bertz CT molecular complexity index is 334. The summed E-state index contributed by atoms with van der Waals surface area (Å²) in [7, 11) is 0. The van der Waals surface area contributed by atoms with Crippen molar-refractivity contribution in [3.63, 3.8) is 0 Å². The third-order valence-electron chi connectivity index (χ3n) is 1.02. The Kier molecular flexibility index (Phi) is 1.79. The van der Waals surface area contributed by atoms with Crippen molar-refractivity contribution in [3.05, 3.63) is 33.2 Å². The molecule has 1 heterocycles. The zero-order valence-corrected chi connectivity index (χ0v) is 5.77. The van der Waals surface area contributed by atoms with E-state index in [4.69, 9.17) is 18.0 Å². The minimum Gasteiger partial charge on any atom is -0.327 e. The Hall–Kier alpha value is -1.20. The summed E-state index contributed by atoms with van der Waals surface area (Å²) in [4.78, 5) is 13.1. The molecule has 0 aromatic carbocycles. The van der Waals surface area contributed by atoms with Gasteiger partial charge in [0.15, 0.2) is 0 Å². The van der Waals surface area contributed by atoms with Gasteiger partial charge in [0.1, 0.15) is 0 Å². The van der Waals surface area contributed by atoms with E-state index in [9.17, 15) is 4.79 Å². The van der Waals surface area contributed by atoms with Crippen LogP contribution >= 0.6 is 11.6 Å². The van der Waals surface area contributed by atoms with Gasteiger partial charge in [0.05, 0.1) is 10.6 Å². The van der Waals surface area contributed by atoms with Crippen molar-refractivity contribution in [1.82, 2.24) is 4.98 Å². The van der Waals surface area contributed by atoms with Gasteiger partial charge in [-0.2, -0.15) is 0 Å². The van der Waals surface area contributed by atoms with Crippen LogP contribution in [0.2, 0.25) is 5.02 Å². The highest BCUT2D eigenvalue weighted by molar-refractivity contribution is 6.30. The van der Waals surface area contributed by atoms with Crippen molar-refractivity contribution in [3.8, 4) is 12.3 Å². The molecule has 0 atom stereocenters. The Balaban J connectivity index is 3.40. The lowest BCUT2D eigenvalue weighted by molar-refractivity contribution is 1.22. The number of rotatable bonds is 0. The first-order valence-electron chi connectivity index (χ1n) is 2.59. The molecular weight excluding hydrogens is 150 g/mol. The zero-order valence-electron chi connectivity index (χ0n) is 5.02. The monoisotopic (exact) mass is 153 g/mol. The van der Waals surface area contributed by atoms with Gasteiger partial charge in [-0.3, -0.25) is 4.79 Å². The quantitative estimate of drug-likeness (QED) is 0.555. The van der Waals surface area contributed by atoms with Crippen LogP contribution in [-0.4, -0.2) is 4.98 Å². The molecule has 0 unspecified atom stereocenters. The van der Waals surface area contributed by atoms with Gasteiger partial charge in [-0.25, -0.2) is 0 Å². The molecule has 0 aliphatic rings. The van der Waals surface area contributed by atoms with Crippen molar-refractivity contribution >= 4 is 11.6 Å². The maximum atomic E-state index is 10.7. The van der Waals surface area contributed by atoms with Gasteiger partial charge in [0, 0.05) is 6.20 Å². The zero-order chi connectivity index (χ0) is 7.56. The van der Waals surface area contributed by atoms with Crippen LogP contribution in [0.1, 0.15) is 5.56 Å². The van der Waals surface area contributed by atoms with E-state index < -0.39 is 0 Å². The Morgan fingerprint density at radius 2 is 2.40 bits per heavy atom. The van der Waals surface area contributed by atoms with E-state index in [0.29, 0.717) is 5.02 Å². The number of halogens is 1. The number of aromatic nitrogens is 1. The second-order valence-electron chi connectivity index (χ2n) is 1.71. The molecule has 0 aliphatic carbocycles. The molecule has 0 amide bonds. The highest BCUT2D eigenvalue weighted by Crippen LogP contribution is 2.03. The summed E-state index contributed by atoms with van der Waals surface area (Å²) in [5, 5.41) is 0.438. The van der Waals surface area contributed by atoms with Crippen LogP contribution in [0.25, 0.3) is 0 Å². The summed E-state index contributed by atoms with van der Waals surface area (Å²) in [6.45, 7) is 0. The highest BCUT2D eigenvalue weighted by atomic mass is 35.5. The van der Waals surface area contributed by atoms with Gasteiger partial charge in [-0.15, -0.1) is 6.42 Å². The van der Waals surface area contributed by atoms with Gasteiger partial charge < -0.3 is 4.98 Å². The van der Waals surface area contributed by atoms with Crippen molar-refractivity contribution in [1.29, 1.82) is 0 Å². The smallest absolute Gasteiger partial charge is 0.263 e. The summed E-state index contributed by atoms with van der Waals surface area (Å²) < 4.78 is 0. The number of hydrogen-bond donors (Lipinski definition) is 1. The number of pyridine rings is 1. The summed E-state index contributed by atoms with van der Waals surface area (Å²) in [5.41, 5.74) is -0.0283. The van der Waals surface area contributed by atoms with Crippen LogP contribution in [0.15, 0.2) is 17.1 Å². The lowest BCUT2D eigenvalue weighted by Gasteiger charge is -1.88. The summed E-state index contributed by atoms with van der Waals surface area (Å²) in [6.07, 6.45) is 6.38. The third kappa shape index (κ3) is 1.20. The van der Waals surface area contributed by atoms with Crippen molar-refractivity contribution in [2.24, 2.45) is 0 Å². The molecule has 0 radical (unpaired) electrons. The molecular formula is C7H4ClNO. The molecule has 0 spiro atoms. The molecule has 0 bridgehead atoms. The first-order valence-corrected chi connectivity index (χ1v) is 2.96. The van der Waals surface area contributed by atoms with E-state index >= 15 is 0 Å². The maximum Gasteiger partial charge on any atom is 0.263 e. The van der Waals surface area contributed by atoms with Crippen LogP contribution < -0.4 is 5.56 Å². The van der Waals surface area contributed by atoms with E-state index in [2.05, 4.69) is 10.9 Å². The number of terminal acetylenes is 1. The van der Waals surface area contributed by atoms with E-state index in [-0.39, 0.29) is 11.1 Å². The van der Waals surface area contributed by atoms with Gasteiger partial charge in [-0.1, -0.05) is 17.5 Å². The topological polar surface area (TPSA) is 32.9 Å². The molecule has 50 valence electrons. The second kappa shape index (κ2) is 2.59. The number of hydrogen-bond acceptors (Lipinski definition) is 1. The average Bonchev–Trinajstić information content (AvgIpc) is 1.94. The van der Waals surface area contributed by atoms with Gasteiger partial charge >= 0.3 is 0 Å². The first kappa shape index (κ1) is 6.91. The van der Waals surface area contributed by atoms with E-state index in [1.807, 2.05) is 0 Å². The lowest BCUT2D eigenvalue weighted by Crippen LogP contribution is -2.07. The SMILES string of the molecule is C#Cc1cc(Cl)c[nH]c1=O. The van der Waals surface area contributed by atoms with Gasteiger partial charge in [0.2, 0.25) is 0 Å². The Morgan fingerprint density at radius 3 is 2.90 bits per heavy atom. The van der Waals surface area contributed by atoms with Crippen LogP contribution in [0, 0.1) is 12.3 Å². The fraction of sp³-hybridized carbons (Fsp3) is 0. The van der Waals surface area contributed by atoms with E-state index in [1.165, 1.54) is 12.3 Å². The molecule has 1 N–H and O–H groups in total. The fourth-order valence-electron chi connectivity index (χ4n) is 0.565. The normalized spacial score (nSPS) is 8.80. The van der Waals surface area contributed by atoms with Crippen molar-refractivity contribution < 1.29 is 0 Å². The molecule has 1 aromatic rings. The standard InChI is InChI=1S/C7H4ClNO/c1-2-5-3-6(8)4-9-7(5)10/h1,3-4H,(H,9,10). The summed E-state index contributed by atoms with van der Waals surface area (Å²) in [6, 6.07) is 1.44. The largest absolute Gasteiger partial charge is 0.327 e. The summed E-state index contributed by atoms with van der Waals surface area (Å²) >= 11 is 5.53. The van der Waals surface area contributed by atoms with Gasteiger partial charge in [-0.05, 0) is 6.07 Å². The Morgan fingerprint density at radius 1 is 1.70 bits per heavy atom. The number of H-pyrrole nitrogens is 1. The molecule has 10 heavy (non-hydrogen) atoms. The molecule has 1 rings (SSSR count). The van der Waals surface area contributed by atoms with Crippen LogP contribution in [0.3, 0.4) is 0 Å². The second-order valence-corrected chi connectivity index (χ2v) is 2.14. The molecule has 2 nitrogen and oxygen atoms in total. The minimum absolute atomic E-state index is 0.257. The molecule has 0 fully saturated rings. The van der Waals surface area contributed by atoms with Crippen LogP contribution in [-0.2, 0) is 0 Å². The van der Waals surface area contributed by atoms with Gasteiger partial charge in [0.25, 0.3) is 5.56 Å². The molecule has 0 saturated carbocycles.